The minimum Gasteiger partial charge on any atom is -0.479 e. The monoisotopic (exact) mass is 375 g/mol. The first kappa shape index (κ1) is 19.0. The summed E-state index contributed by atoms with van der Waals surface area (Å²) in [6, 6.07) is 5.96. The largest absolute Gasteiger partial charge is 0.479 e. The fourth-order valence-corrected chi connectivity index (χ4v) is 3.37. The second-order valence-corrected chi connectivity index (χ2v) is 6.93. The Morgan fingerprint density at radius 2 is 1.78 bits per heavy atom. The van der Waals surface area contributed by atoms with Crippen molar-refractivity contribution in [2.24, 2.45) is 0 Å². The Bertz CT molecular complexity index is 868. The van der Waals surface area contributed by atoms with E-state index in [1.807, 2.05) is 13.8 Å². The summed E-state index contributed by atoms with van der Waals surface area (Å²) < 4.78 is 14.8. The van der Waals surface area contributed by atoms with Crippen molar-refractivity contribution in [1.82, 2.24) is 14.7 Å². The molecule has 1 saturated heterocycles. The molecule has 1 aliphatic rings. The molecule has 1 aliphatic heterocycles. The van der Waals surface area contributed by atoms with Gasteiger partial charge in [-0.05, 0) is 38.1 Å². The number of nitrogens with zero attached hydrogens (tertiary/aromatic N) is 3. The molecular weight excluding hydrogens is 353 g/mol. The Kier molecular flexibility index (Phi) is 5.01. The van der Waals surface area contributed by atoms with Crippen LogP contribution in [-0.2, 0) is 16.0 Å². The Morgan fingerprint density at radius 1 is 1.19 bits per heavy atom. The van der Waals surface area contributed by atoms with Crippen LogP contribution in [0.3, 0.4) is 0 Å². The van der Waals surface area contributed by atoms with Crippen molar-refractivity contribution < 1.29 is 24.2 Å². The van der Waals surface area contributed by atoms with E-state index in [1.54, 1.807) is 21.7 Å². The van der Waals surface area contributed by atoms with Gasteiger partial charge >= 0.3 is 5.97 Å². The highest BCUT2D eigenvalue weighted by atomic mass is 19.1. The van der Waals surface area contributed by atoms with Gasteiger partial charge in [0.15, 0.2) is 5.60 Å². The maximum Gasteiger partial charge on any atom is 0.335 e. The van der Waals surface area contributed by atoms with Crippen molar-refractivity contribution in [2.45, 2.75) is 38.7 Å². The van der Waals surface area contributed by atoms with Gasteiger partial charge in [-0.1, -0.05) is 0 Å². The summed E-state index contributed by atoms with van der Waals surface area (Å²) in [6.45, 7) is 4.07. The number of aromatic nitrogens is 2. The SMILES string of the molecule is Cc1nn(-c2ccc(F)cc2)c(C)c1CC(=O)N1CCC(O)(C(=O)O)CC1. The minimum atomic E-state index is -1.75. The van der Waals surface area contributed by atoms with Gasteiger partial charge < -0.3 is 15.1 Å². The predicted octanol–water partition coefficient (Wildman–Crippen LogP) is 1.61. The number of likely N-dealkylation sites (tertiary alicyclic amines) is 1. The van der Waals surface area contributed by atoms with Crippen LogP contribution < -0.4 is 0 Å². The van der Waals surface area contributed by atoms with Gasteiger partial charge in [0.25, 0.3) is 0 Å². The second-order valence-electron chi connectivity index (χ2n) is 6.93. The van der Waals surface area contributed by atoms with E-state index >= 15 is 0 Å². The molecule has 2 heterocycles. The van der Waals surface area contributed by atoms with E-state index in [0.29, 0.717) is 11.4 Å². The lowest BCUT2D eigenvalue weighted by molar-refractivity contribution is -0.165. The molecule has 0 atom stereocenters. The van der Waals surface area contributed by atoms with Crippen molar-refractivity contribution in [3.63, 3.8) is 0 Å². The molecule has 7 nitrogen and oxygen atoms in total. The van der Waals surface area contributed by atoms with Gasteiger partial charge in [-0.3, -0.25) is 4.79 Å². The average molecular weight is 375 g/mol. The van der Waals surface area contributed by atoms with Crippen LogP contribution in [0.1, 0.15) is 29.8 Å². The lowest BCUT2D eigenvalue weighted by Crippen LogP contribution is -2.51. The number of carbonyl (C=O) groups is 2. The number of amides is 1. The molecule has 8 heteroatoms. The third-order valence-electron chi connectivity index (χ3n) is 5.18. The molecule has 1 fully saturated rings. The molecule has 0 saturated carbocycles. The van der Waals surface area contributed by atoms with Crippen LogP contribution in [0.4, 0.5) is 4.39 Å². The van der Waals surface area contributed by atoms with Crippen molar-refractivity contribution >= 4 is 11.9 Å². The van der Waals surface area contributed by atoms with Crippen LogP contribution in [0.5, 0.6) is 0 Å². The fraction of sp³-hybridized carbons (Fsp3) is 0.421. The first-order valence-electron chi connectivity index (χ1n) is 8.76. The van der Waals surface area contributed by atoms with Gasteiger partial charge in [-0.15, -0.1) is 0 Å². The Balaban J connectivity index is 1.74. The molecule has 1 amide bonds. The number of rotatable bonds is 4. The van der Waals surface area contributed by atoms with Gasteiger partial charge in [-0.2, -0.15) is 5.10 Å². The van der Waals surface area contributed by atoms with Crippen molar-refractivity contribution in [3.8, 4) is 5.69 Å². The summed E-state index contributed by atoms with van der Waals surface area (Å²) in [5.74, 6) is -1.71. The predicted molar refractivity (Wildman–Crippen MR) is 95.1 cm³/mol. The fourth-order valence-electron chi connectivity index (χ4n) is 3.37. The number of benzene rings is 1. The molecule has 0 bridgehead atoms. The molecule has 2 aromatic rings. The topological polar surface area (TPSA) is 95.7 Å². The molecule has 2 N–H and O–H groups in total. The van der Waals surface area contributed by atoms with Crippen LogP contribution >= 0.6 is 0 Å². The molecule has 3 rings (SSSR count). The van der Waals surface area contributed by atoms with Gasteiger partial charge in [0.1, 0.15) is 5.82 Å². The first-order chi connectivity index (χ1) is 12.7. The smallest absolute Gasteiger partial charge is 0.335 e. The number of aryl methyl sites for hydroxylation is 1. The zero-order valence-electron chi connectivity index (χ0n) is 15.3. The molecule has 27 heavy (non-hydrogen) atoms. The van der Waals surface area contributed by atoms with Crippen LogP contribution in [-0.4, -0.2) is 55.5 Å². The van der Waals surface area contributed by atoms with E-state index in [9.17, 15) is 19.1 Å². The Labute approximate surface area is 156 Å². The van der Waals surface area contributed by atoms with Crippen molar-refractivity contribution in [1.29, 1.82) is 0 Å². The van der Waals surface area contributed by atoms with E-state index in [0.717, 1.165) is 11.3 Å². The van der Waals surface area contributed by atoms with Crippen molar-refractivity contribution in [3.05, 3.63) is 47.0 Å². The van der Waals surface area contributed by atoms with E-state index < -0.39 is 11.6 Å². The lowest BCUT2D eigenvalue weighted by atomic mass is 9.91. The lowest BCUT2D eigenvalue weighted by Gasteiger charge is -2.35. The molecule has 144 valence electrons. The maximum absolute atomic E-state index is 13.1. The number of hydrogen-bond donors (Lipinski definition) is 2. The first-order valence-corrected chi connectivity index (χ1v) is 8.76. The summed E-state index contributed by atoms with van der Waals surface area (Å²) in [4.78, 5) is 25.3. The van der Waals surface area contributed by atoms with Gasteiger partial charge in [0.05, 0.1) is 17.8 Å². The highest BCUT2D eigenvalue weighted by Gasteiger charge is 2.40. The highest BCUT2D eigenvalue weighted by molar-refractivity contribution is 5.81. The molecule has 0 aliphatic carbocycles. The number of carbonyl (C=O) groups excluding carboxylic acids is 1. The number of hydrogen-bond acceptors (Lipinski definition) is 4. The van der Waals surface area contributed by atoms with Crippen molar-refractivity contribution in [2.75, 3.05) is 13.1 Å². The summed E-state index contributed by atoms with van der Waals surface area (Å²) in [6.07, 6.45) is 0.173. The number of carboxylic acid groups (broad SMARTS) is 1. The van der Waals surface area contributed by atoms with Crippen LogP contribution in [0.15, 0.2) is 24.3 Å². The zero-order chi connectivity index (χ0) is 19.8. The molecule has 0 unspecified atom stereocenters. The summed E-state index contributed by atoms with van der Waals surface area (Å²) >= 11 is 0. The molecule has 1 aromatic carbocycles. The van der Waals surface area contributed by atoms with E-state index in [2.05, 4.69) is 5.10 Å². The summed E-state index contributed by atoms with van der Waals surface area (Å²) in [5.41, 5.74) is 1.26. The van der Waals surface area contributed by atoms with E-state index in [1.165, 1.54) is 12.1 Å². The third kappa shape index (κ3) is 3.71. The number of aliphatic hydroxyl groups is 1. The summed E-state index contributed by atoms with van der Waals surface area (Å²) in [5, 5.41) is 23.5. The molecule has 0 radical (unpaired) electrons. The molecule has 0 spiro atoms. The second kappa shape index (κ2) is 7.11. The number of halogens is 1. The van der Waals surface area contributed by atoms with Gasteiger partial charge in [-0.25, -0.2) is 13.9 Å². The van der Waals surface area contributed by atoms with Gasteiger partial charge in [0.2, 0.25) is 5.91 Å². The van der Waals surface area contributed by atoms with Crippen LogP contribution in [0.25, 0.3) is 5.69 Å². The van der Waals surface area contributed by atoms with Crippen LogP contribution in [0, 0.1) is 19.7 Å². The molecular formula is C19H22FN3O4. The maximum atomic E-state index is 13.1. The summed E-state index contributed by atoms with van der Waals surface area (Å²) in [7, 11) is 0. The number of carboxylic acids is 1. The number of piperidine rings is 1. The average Bonchev–Trinajstić information content (AvgIpc) is 2.91. The van der Waals surface area contributed by atoms with E-state index in [4.69, 9.17) is 5.11 Å². The molecule has 1 aromatic heterocycles. The standard InChI is InChI=1S/C19H22FN3O4/c1-12-16(13(2)23(21-12)15-5-3-14(20)4-6-15)11-17(24)22-9-7-19(27,8-10-22)18(25)26/h3-6,27H,7-11H2,1-2H3,(H,25,26). The number of aliphatic carboxylic acids is 1. The van der Waals surface area contributed by atoms with Crippen LogP contribution in [0.2, 0.25) is 0 Å². The zero-order valence-corrected chi connectivity index (χ0v) is 15.3. The normalized spacial score (nSPS) is 16.4. The minimum absolute atomic E-state index is 0.0148. The van der Waals surface area contributed by atoms with E-state index in [-0.39, 0.29) is 44.1 Å². The quantitative estimate of drug-likeness (QED) is 0.846. The van der Waals surface area contributed by atoms with Gasteiger partial charge in [0, 0.05) is 37.2 Å². The Hall–Kier alpha value is -2.74. The third-order valence-corrected chi connectivity index (χ3v) is 5.18. The Morgan fingerprint density at radius 3 is 2.33 bits per heavy atom. The highest BCUT2D eigenvalue weighted by Crippen LogP contribution is 2.24.